The average molecular weight is 210 g/mol. The molecule has 1 heterocycles. The van der Waals surface area contributed by atoms with Crippen LogP contribution in [0.2, 0.25) is 0 Å². The molecule has 76 valence electrons. The van der Waals surface area contributed by atoms with Gasteiger partial charge in [0.15, 0.2) is 0 Å². The lowest BCUT2D eigenvalue weighted by Crippen LogP contribution is -2.11. The summed E-state index contributed by atoms with van der Waals surface area (Å²) in [5.74, 6) is 1.01. The van der Waals surface area contributed by atoms with Gasteiger partial charge in [0.25, 0.3) is 0 Å². The van der Waals surface area contributed by atoms with E-state index in [-0.39, 0.29) is 5.24 Å². The Labute approximate surface area is 87.8 Å². The van der Waals surface area contributed by atoms with Gasteiger partial charge in [0, 0.05) is 0 Å². The normalized spacial score (nSPS) is 27.0. The summed E-state index contributed by atoms with van der Waals surface area (Å²) in [4.78, 5) is 15.5. The van der Waals surface area contributed by atoms with Gasteiger partial charge in [0.1, 0.15) is 5.84 Å². The summed E-state index contributed by atoms with van der Waals surface area (Å²) in [6.07, 6.45) is 8.52. The molecule has 0 spiro atoms. The molecule has 0 bridgehead atoms. The number of nitrogens with zero attached hydrogens (tertiary/aromatic N) is 1. The van der Waals surface area contributed by atoms with Gasteiger partial charge >= 0.3 is 5.24 Å². The highest BCUT2D eigenvalue weighted by Gasteiger charge is 2.21. The van der Waals surface area contributed by atoms with Crippen LogP contribution in [0, 0.1) is 5.92 Å². The number of thioether (sulfide) groups is 1. The van der Waals surface area contributed by atoms with Crippen LogP contribution in [0.25, 0.3) is 0 Å². The van der Waals surface area contributed by atoms with Gasteiger partial charge in [0.2, 0.25) is 0 Å². The molecular weight excluding hydrogens is 196 g/mol. The Kier molecular flexibility index (Phi) is 2.91. The van der Waals surface area contributed by atoms with Crippen molar-refractivity contribution in [3.8, 4) is 0 Å². The monoisotopic (exact) mass is 210 g/mol. The van der Waals surface area contributed by atoms with Crippen LogP contribution in [0.1, 0.15) is 32.1 Å². The van der Waals surface area contributed by atoms with Crippen molar-refractivity contribution in [3.05, 3.63) is 11.0 Å². The Morgan fingerprint density at radius 2 is 2.07 bits per heavy atom. The van der Waals surface area contributed by atoms with E-state index in [4.69, 9.17) is 5.73 Å². The molecule has 2 aliphatic rings. The SMILES string of the molecule is NC1=NC(=O)S/C1=C\C1CCCCC1. The number of hydrogen-bond donors (Lipinski definition) is 1. The predicted molar refractivity (Wildman–Crippen MR) is 59.3 cm³/mol. The van der Waals surface area contributed by atoms with E-state index in [1.807, 2.05) is 0 Å². The number of allylic oxidation sites excluding steroid dienone is 1. The first-order valence-electron chi connectivity index (χ1n) is 5.04. The van der Waals surface area contributed by atoms with Crippen molar-refractivity contribution in [1.29, 1.82) is 0 Å². The molecule has 1 fully saturated rings. The highest BCUT2D eigenvalue weighted by molar-refractivity contribution is 8.18. The van der Waals surface area contributed by atoms with Crippen LogP contribution in [-0.2, 0) is 0 Å². The summed E-state index contributed by atoms with van der Waals surface area (Å²) >= 11 is 1.16. The lowest BCUT2D eigenvalue weighted by atomic mass is 9.89. The molecule has 2 rings (SSSR count). The first-order chi connectivity index (χ1) is 6.75. The van der Waals surface area contributed by atoms with Gasteiger partial charge in [-0.1, -0.05) is 25.3 Å². The molecule has 14 heavy (non-hydrogen) atoms. The maximum atomic E-state index is 11.0. The molecule has 1 aliphatic carbocycles. The zero-order valence-electron chi connectivity index (χ0n) is 8.03. The van der Waals surface area contributed by atoms with E-state index in [9.17, 15) is 4.79 Å². The van der Waals surface area contributed by atoms with E-state index in [2.05, 4.69) is 11.1 Å². The Morgan fingerprint density at radius 1 is 1.36 bits per heavy atom. The van der Waals surface area contributed by atoms with Crippen molar-refractivity contribution in [2.24, 2.45) is 16.6 Å². The lowest BCUT2D eigenvalue weighted by Gasteiger charge is -2.18. The second kappa shape index (κ2) is 4.17. The molecule has 1 amide bonds. The maximum Gasteiger partial charge on any atom is 0.311 e. The second-order valence-corrected chi connectivity index (χ2v) is 4.79. The fraction of sp³-hybridized carbons (Fsp3) is 0.600. The molecule has 1 saturated carbocycles. The topological polar surface area (TPSA) is 55.4 Å². The molecule has 0 aromatic rings. The third-order valence-corrected chi connectivity index (χ3v) is 3.53. The molecule has 3 nitrogen and oxygen atoms in total. The highest BCUT2D eigenvalue weighted by Crippen LogP contribution is 2.31. The number of amidine groups is 1. The molecule has 2 N–H and O–H groups in total. The molecule has 0 atom stereocenters. The number of amides is 1. The van der Waals surface area contributed by atoms with Crippen molar-refractivity contribution in [2.75, 3.05) is 0 Å². The molecular formula is C10H14N2OS. The number of hydrogen-bond acceptors (Lipinski definition) is 3. The van der Waals surface area contributed by atoms with Gasteiger partial charge in [-0.2, -0.15) is 4.99 Å². The van der Waals surface area contributed by atoms with Crippen molar-refractivity contribution in [1.82, 2.24) is 0 Å². The number of carbonyl (C=O) groups is 1. The van der Waals surface area contributed by atoms with Crippen molar-refractivity contribution in [2.45, 2.75) is 32.1 Å². The number of aliphatic imine (C=N–C) groups is 1. The standard InChI is InChI=1S/C10H14N2OS/c11-9-8(14-10(13)12-9)6-7-4-2-1-3-5-7/h6-7H,1-5H2,(H2,11,12,13)/b8-6-. The minimum Gasteiger partial charge on any atom is -0.383 e. The van der Waals surface area contributed by atoms with E-state index < -0.39 is 0 Å². The summed E-state index contributed by atoms with van der Waals surface area (Å²) < 4.78 is 0. The summed E-state index contributed by atoms with van der Waals surface area (Å²) in [5, 5.41) is -0.176. The number of rotatable bonds is 1. The molecule has 1 aliphatic heterocycles. The van der Waals surface area contributed by atoms with Crippen LogP contribution < -0.4 is 5.73 Å². The molecule has 0 saturated heterocycles. The maximum absolute atomic E-state index is 11.0. The highest BCUT2D eigenvalue weighted by atomic mass is 32.2. The Morgan fingerprint density at radius 3 is 2.64 bits per heavy atom. The van der Waals surface area contributed by atoms with E-state index in [1.54, 1.807) is 0 Å². The molecule has 0 aromatic heterocycles. The first-order valence-corrected chi connectivity index (χ1v) is 5.85. The minimum atomic E-state index is -0.176. The largest absolute Gasteiger partial charge is 0.383 e. The molecule has 0 radical (unpaired) electrons. The molecule has 0 aromatic carbocycles. The van der Waals surface area contributed by atoms with Gasteiger partial charge in [0.05, 0.1) is 4.91 Å². The summed E-state index contributed by atoms with van der Waals surface area (Å²) in [7, 11) is 0. The summed E-state index contributed by atoms with van der Waals surface area (Å²) in [6.45, 7) is 0. The third kappa shape index (κ3) is 2.18. The quantitative estimate of drug-likeness (QED) is 0.724. The van der Waals surface area contributed by atoms with Gasteiger partial charge < -0.3 is 5.73 Å². The number of nitrogens with two attached hydrogens (primary N) is 1. The van der Waals surface area contributed by atoms with Gasteiger partial charge in [-0.25, -0.2) is 0 Å². The summed E-state index contributed by atoms with van der Waals surface area (Å²) in [6, 6.07) is 0. The lowest BCUT2D eigenvalue weighted by molar-refractivity contribution is 0.268. The van der Waals surface area contributed by atoms with E-state index in [0.717, 1.165) is 16.7 Å². The van der Waals surface area contributed by atoms with Crippen LogP contribution in [0.3, 0.4) is 0 Å². The average Bonchev–Trinajstić information content (AvgIpc) is 2.47. The van der Waals surface area contributed by atoms with E-state index in [0.29, 0.717) is 11.8 Å². The van der Waals surface area contributed by atoms with E-state index >= 15 is 0 Å². The zero-order valence-corrected chi connectivity index (χ0v) is 8.85. The fourth-order valence-electron chi connectivity index (χ4n) is 1.96. The molecule has 4 heteroatoms. The Balaban J connectivity index is 2.03. The van der Waals surface area contributed by atoms with Gasteiger partial charge in [-0.05, 0) is 30.5 Å². The fourth-order valence-corrected chi connectivity index (χ4v) is 2.70. The molecule has 0 unspecified atom stereocenters. The van der Waals surface area contributed by atoms with Crippen molar-refractivity contribution >= 4 is 22.8 Å². The van der Waals surface area contributed by atoms with Crippen molar-refractivity contribution in [3.63, 3.8) is 0 Å². The Hall–Kier alpha value is -0.770. The minimum absolute atomic E-state index is 0.176. The van der Waals surface area contributed by atoms with Crippen LogP contribution in [0.5, 0.6) is 0 Å². The van der Waals surface area contributed by atoms with E-state index in [1.165, 1.54) is 32.1 Å². The van der Waals surface area contributed by atoms with Gasteiger partial charge in [-0.15, -0.1) is 0 Å². The van der Waals surface area contributed by atoms with Gasteiger partial charge in [-0.3, -0.25) is 4.79 Å². The smallest absolute Gasteiger partial charge is 0.311 e. The summed E-state index contributed by atoms with van der Waals surface area (Å²) in [5.41, 5.74) is 5.63. The van der Waals surface area contributed by atoms with Crippen LogP contribution >= 0.6 is 11.8 Å². The number of carbonyl (C=O) groups excluding carboxylic acids is 1. The second-order valence-electron chi connectivity index (χ2n) is 3.79. The van der Waals surface area contributed by atoms with Crippen LogP contribution in [0.15, 0.2) is 16.0 Å². The Bertz CT molecular complexity index is 303. The van der Waals surface area contributed by atoms with Crippen LogP contribution in [0.4, 0.5) is 4.79 Å². The zero-order chi connectivity index (χ0) is 9.97. The predicted octanol–water partition coefficient (Wildman–Crippen LogP) is 2.67. The first kappa shape index (κ1) is 9.77. The third-order valence-electron chi connectivity index (χ3n) is 2.70. The van der Waals surface area contributed by atoms with Crippen molar-refractivity contribution < 1.29 is 4.79 Å². The van der Waals surface area contributed by atoms with Crippen LogP contribution in [-0.4, -0.2) is 11.1 Å².